The normalized spacial score (nSPS) is 42.5. The molecule has 0 amide bonds. The lowest BCUT2D eigenvalue weighted by Crippen LogP contribution is -2.57. The van der Waals surface area contributed by atoms with Gasteiger partial charge in [-0.3, -0.25) is 9.69 Å². The summed E-state index contributed by atoms with van der Waals surface area (Å²) >= 11 is 0. The Kier molecular flexibility index (Phi) is 10.9. The van der Waals surface area contributed by atoms with E-state index in [0.29, 0.717) is 31.7 Å². The lowest BCUT2D eigenvalue weighted by Gasteiger charge is -2.48. The van der Waals surface area contributed by atoms with Crippen molar-refractivity contribution < 1.29 is 30.3 Å². The molecule has 7 N–H and O–H groups in total. The molecule has 3 saturated heterocycles. The van der Waals surface area contributed by atoms with Gasteiger partial charge in [0.1, 0.15) is 0 Å². The summed E-state index contributed by atoms with van der Waals surface area (Å²) in [5, 5.41) is 59.9. The molecular formula is C31H53N3O6. The number of hydrogen-bond donors (Lipinski definition) is 7. The van der Waals surface area contributed by atoms with Crippen molar-refractivity contribution in [3.05, 3.63) is 0 Å². The number of rotatable bonds is 6. The average molecular weight is 564 g/mol. The standard InChI is InChI=1S/C31H53N3O6/c1-21-27(36)7-6-26-16-24(9-13-34(21)26)28(37)15-22-4-3-5-25-17-30(2,11-12-32-25)33-20-31(40,18-29(38)39)10-8-23(14-22)19-35/h21-28,32-33,35-37,40H,5-20H2,1-2H3,(H,38,39). The van der Waals surface area contributed by atoms with Crippen LogP contribution in [0.3, 0.4) is 0 Å². The van der Waals surface area contributed by atoms with E-state index in [2.05, 4.69) is 41.2 Å². The zero-order valence-electron chi connectivity index (χ0n) is 24.5. The lowest BCUT2D eigenvalue weighted by atomic mass is 9.77. The minimum absolute atomic E-state index is 0.0621. The maximum atomic E-state index is 11.6. The SMILES string of the molecule is CC1C(O)CCC2CC(C(O)CC3C#CCC4CC(C)(CCN4)NCC(O)(CC(=O)O)CCC(CO)C3)CCN21. The molecule has 0 spiro atoms. The van der Waals surface area contributed by atoms with Gasteiger partial charge < -0.3 is 36.2 Å². The molecule has 2 bridgehead atoms. The highest BCUT2D eigenvalue weighted by Gasteiger charge is 2.40. The van der Waals surface area contributed by atoms with Crippen molar-refractivity contribution in [1.82, 2.24) is 15.5 Å². The Morgan fingerprint density at radius 3 is 2.73 bits per heavy atom. The van der Waals surface area contributed by atoms with Gasteiger partial charge in [0.15, 0.2) is 0 Å². The van der Waals surface area contributed by atoms with Crippen LogP contribution in [-0.4, -0.2) is 104 Å². The number of nitrogens with one attached hydrogen (secondary N) is 2. The van der Waals surface area contributed by atoms with Crippen LogP contribution in [0.4, 0.5) is 0 Å². The van der Waals surface area contributed by atoms with Crippen molar-refractivity contribution >= 4 is 5.97 Å². The van der Waals surface area contributed by atoms with Gasteiger partial charge in [-0.15, -0.1) is 5.92 Å². The number of aliphatic hydroxyl groups excluding tert-OH is 3. The molecule has 4 aliphatic heterocycles. The summed E-state index contributed by atoms with van der Waals surface area (Å²) in [4.78, 5) is 14.0. The summed E-state index contributed by atoms with van der Waals surface area (Å²) in [7, 11) is 0. The Bertz CT molecular complexity index is 909. The van der Waals surface area contributed by atoms with Gasteiger partial charge in [-0.1, -0.05) is 5.92 Å². The number of piperidine rings is 3. The molecule has 9 heteroatoms. The maximum absolute atomic E-state index is 11.6. The second-order valence-corrected chi connectivity index (χ2v) is 13.7. The quantitative estimate of drug-likeness (QED) is 0.239. The van der Waals surface area contributed by atoms with Gasteiger partial charge >= 0.3 is 5.97 Å². The molecule has 0 aromatic rings. The summed E-state index contributed by atoms with van der Waals surface area (Å²) in [6.07, 6.45) is 6.87. The Morgan fingerprint density at radius 2 is 1.98 bits per heavy atom. The highest BCUT2D eigenvalue weighted by atomic mass is 16.4. The summed E-state index contributed by atoms with van der Waals surface area (Å²) in [5.41, 5.74) is -1.62. The monoisotopic (exact) mass is 563 g/mol. The molecule has 3 fully saturated rings. The average Bonchev–Trinajstić information content (AvgIpc) is 2.91. The summed E-state index contributed by atoms with van der Waals surface area (Å²) < 4.78 is 0. The van der Waals surface area contributed by atoms with E-state index in [1.807, 2.05) is 0 Å². The van der Waals surface area contributed by atoms with Crippen molar-refractivity contribution in [1.29, 1.82) is 0 Å². The number of fused-ring (bicyclic) bond motifs is 3. The number of hydrogen-bond acceptors (Lipinski definition) is 8. The van der Waals surface area contributed by atoms with E-state index in [4.69, 9.17) is 0 Å². The van der Waals surface area contributed by atoms with Crippen LogP contribution < -0.4 is 10.6 Å². The first-order chi connectivity index (χ1) is 19.0. The minimum Gasteiger partial charge on any atom is -0.481 e. The fourth-order valence-electron chi connectivity index (χ4n) is 7.75. The predicted molar refractivity (Wildman–Crippen MR) is 153 cm³/mol. The largest absolute Gasteiger partial charge is 0.481 e. The van der Waals surface area contributed by atoms with Gasteiger partial charge in [-0.2, -0.15) is 0 Å². The molecule has 0 aromatic carbocycles. The third-order valence-corrected chi connectivity index (χ3v) is 10.4. The Labute approximate surface area is 240 Å². The third kappa shape index (κ3) is 8.41. The molecule has 10 atom stereocenters. The number of carbonyl (C=O) groups is 1. The van der Waals surface area contributed by atoms with Crippen LogP contribution in [0.1, 0.15) is 90.9 Å². The second kappa shape index (κ2) is 13.8. The Morgan fingerprint density at radius 1 is 1.18 bits per heavy atom. The number of carboxylic acids is 1. The van der Waals surface area contributed by atoms with Gasteiger partial charge in [0.2, 0.25) is 0 Å². The van der Waals surface area contributed by atoms with E-state index in [1.165, 1.54) is 0 Å². The summed E-state index contributed by atoms with van der Waals surface area (Å²) in [6.45, 7) is 6.10. The predicted octanol–water partition coefficient (Wildman–Crippen LogP) is 1.47. The van der Waals surface area contributed by atoms with Gasteiger partial charge in [-0.05, 0) is 103 Å². The molecule has 0 aromatic heterocycles. The molecule has 0 radical (unpaired) electrons. The Balaban J connectivity index is 1.47. The number of aliphatic hydroxyl groups is 4. The number of β-amino-alcohol motifs (C(OH)–C–C–N with tert-alkyl or cyclic N) is 1. The molecule has 4 heterocycles. The van der Waals surface area contributed by atoms with Crippen LogP contribution in [0.2, 0.25) is 0 Å². The minimum atomic E-state index is -1.40. The maximum Gasteiger partial charge on any atom is 0.306 e. The van der Waals surface area contributed by atoms with Gasteiger partial charge in [0, 0.05) is 49.2 Å². The van der Waals surface area contributed by atoms with Crippen LogP contribution in [0.25, 0.3) is 0 Å². The van der Waals surface area contributed by atoms with Crippen molar-refractivity contribution in [3.63, 3.8) is 0 Å². The Hall–Kier alpha value is -1.25. The smallest absolute Gasteiger partial charge is 0.306 e. The van der Waals surface area contributed by atoms with Crippen LogP contribution >= 0.6 is 0 Å². The van der Waals surface area contributed by atoms with E-state index in [-0.39, 0.29) is 67.5 Å². The highest BCUT2D eigenvalue weighted by molar-refractivity contribution is 5.68. The summed E-state index contributed by atoms with van der Waals surface area (Å²) in [5.74, 6) is 5.83. The fraction of sp³-hybridized carbons (Fsp3) is 0.903. The molecule has 10 unspecified atom stereocenters. The fourth-order valence-corrected chi connectivity index (χ4v) is 7.75. The van der Waals surface area contributed by atoms with Crippen molar-refractivity contribution in [2.75, 3.05) is 26.2 Å². The number of nitrogens with zero attached hydrogens (tertiary/aromatic N) is 1. The molecule has 0 aliphatic carbocycles. The second-order valence-electron chi connectivity index (χ2n) is 13.7. The molecule has 228 valence electrons. The number of aliphatic carboxylic acids is 1. The lowest BCUT2D eigenvalue weighted by molar-refractivity contribution is -0.143. The molecule has 0 saturated carbocycles. The molecule has 4 aliphatic rings. The molecule has 9 nitrogen and oxygen atoms in total. The molecule has 4 rings (SSSR count). The first-order valence-corrected chi connectivity index (χ1v) is 15.6. The topological polar surface area (TPSA) is 146 Å². The van der Waals surface area contributed by atoms with Crippen LogP contribution in [0.15, 0.2) is 0 Å². The van der Waals surface area contributed by atoms with Crippen molar-refractivity contribution in [2.24, 2.45) is 17.8 Å². The van der Waals surface area contributed by atoms with Crippen LogP contribution in [-0.2, 0) is 4.79 Å². The van der Waals surface area contributed by atoms with Gasteiger partial charge in [-0.25, -0.2) is 0 Å². The first-order valence-electron chi connectivity index (χ1n) is 15.6. The van der Waals surface area contributed by atoms with E-state index < -0.39 is 17.7 Å². The van der Waals surface area contributed by atoms with E-state index in [1.54, 1.807) is 0 Å². The summed E-state index contributed by atoms with van der Waals surface area (Å²) in [6, 6.07) is 0.763. The van der Waals surface area contributed by atoms with Crippen molar-refractivity contribution in [2.45, 2.75) is 132 Å². The number of carboxylic acid groups (broad SMARTS) is 1. The van der Waals surface area contributed by atoms with Crippen molar-refractivity contribution in [3.8, 4) is 11.8 Å². The third-order valence-electron chi connectivity index (χ3n) is 10.4. The van der Waals surface area contributed by atoms with Crippen LogP contribution in [0.5, 0.6) is 0 Å². The molecular weight excluding hydrogens is 510 g/mol. The zero-order chi connectivity index (χ0) is 28.9. The van der Waals surface area contributed by atoms with Crippen LogP contribution in [0, 0.1) is 29.6 Å². The van der Waals surface area contributed by atoms with E-state index >= 15 is 0 Å². The van der Waals surface area contributed by atoms with E-state index in [9.17, 15) is 30.3 Å². The van der Waals surface area contributed by atoms with E-state index in [0.717, 1.165) is 51.6 Å². The first kappa shape index (κ1) is 31.7. The molecule has 40 heavy (non-hydrogen) atoms. The highest BCUT2D eigenvalue weighted by Crippen LogP contribution is 2.36. The zero-order valence-corrected chi connectivity index (χ0v) is 24.5. The van der Waals surface area contributed by atoms with Gasteiger partial charge in [0.05, 0.1) is 24.2 Å². The van der Waals surface area contributed by atoms with Gasteiger partial charge in [0.25, 0.3) is 0 Å².